The molecule has 2 aliphatic rings. The van der Waals surface area contributed by atoms with Crippen LogP contribution in [0.3, 0.4) is 0 Å². The molecule has 0 spiro atoms. The van der Waals surface area contributed by atoms with Crippen molar-refractivity contribution in [3.8, 4) is 6.07 Å². The van der Waals surface area contributed by atoms with Crippen molar-refractivity contribution in [3.05, 3.63) is 0 Å². The summed E-state index contributed by atoms with van der Waals surface area (Å²) >= 11 is 0. The van der Waals surface area contributed by atoms with Crippen LogP contribution in [0.25, 0.3) is 0 Å². The van der Waals surface area contributed by atoms with Gasteiger partial charge in [-0.2, -0.15) is 5.26 Å². The van der Waals surface area contributed by atoms with Crippen LogP contribution < -0.4 is 5.32 Å². The van der Waals surface area contributed by atoms with Crippen molar-refractivity contribution >= 4 is 5.91 Å². The highest BCUT2D eigenvalue weighted by Gasteiger charge is 2.43. The Balaban J connectivity index is 2.01. The Bertz CT molecular complexity index is 346. The maximum atomic E-state index is 12.5. The zero-order valence-electron chi connectivity index (χ0n) is 11.5. The third-order valence-electron chi connectivity index (χ3n) is 4.36. The van der Waals surface area contributed by atoms with Crippen LogP contribution in [0.2, 0.25) is 0 Å². The van der Waals surface area contributed by atoms with Crippen LogP contribution in [0.5, 0.6) is 0 Å². The fraction of sp³-hybridized carbons (Fsp3) is 0.867. The standard InChI is InChI=1S/C15H24N2O/c1-11(2)9-15(7-3-4-8-15)14(18)17-13(10-16)12-5-6-12/h11-13H,3-9H2,1-2H3,(H,17,18). The van der Waals surface area contributed by atoms with Gasteiger partial charge in [0, 0.05) is 5.41 Å². The van der Waals surface area contributed by atoms with Gasteiger partial charge in [0.2, 0.25) is 5.91 Å². The smallest absolute Gasteiger partial charge is 0.227 e. The molecule has 3 nitrogen and oxygen atoms in total. The molecule has 2 rings (SSSR count). The molecule has 3 heteroatoms. The lowest BCUT2D eigenvalue weighted by Crippen LogP contribution is -2.45. The van der Waals surface area contributed by atoms with Gasteiger partial charge in [0.15, 0.2) is 0 Å². The first kappa shape index (κ1) is 13.4. The third kappa shape index (κ3) is 2.85. The van der Waals surface area contributed by atoms with Crippen molar-refractivity contribution in [2.24, 2.45) is 17.3 Å². The largest absolute Gasteiger partial charge is 0.340 e. The average Bonchev–Trinajstić information content (AvgIpc) is 3.05. The zero-order chi connectivity index (χ0) is 13.2. The number of carbonyl (C=O) groups is 1. The van der Waals surface area contributed by atoms with Crippen LogP contribution >= 0.6 is 0 Å². The Morgan fingerprint density at radius 2 is 2.00 bits per heavy atom. The maximum absolute atomic E-state index is 12.5. The second-order valence-corrected chi connectivity index (χ2v) is 6.50. The van der Waals surface area contributed by atoms with Gasteiger partial charge in [0.1, 0.15) is 6.04 Å². The van der Waals surface area contributed by atoms with E-state index in [0.29, 0.717) is 11.8 Å². The van der Waals surface area contributed by atoms with Gasteiger partial charge in [0.25, 0.3) is 0 Å². The first-order valence-electron chi connectivity index (χ1n) is 7.28. The SMILES string of the molecule is CC(C)CC1(C(=O)NC(C#N)C2CC2)CCCC1. The van der Waals surface area contributed by atoms with Crippen molar-refractivity contribution < 1.29 is 4.79 Å². The van der Waals surface area contributed by atoms with E-state index in [1.807, 2.05) is 0 Å². The van der Waals surface area contributed by atoms with Gasteiger partial charge in [-0.1, -0.05) is 26.7 Å². The molecule has 1 unspecified atom stereocenters. The molecule has 2 aliphatic carbocycles. The second kappa shape index (κ2) is 5.30. The highest BCUT2D eigenvalue weighted by molar-refractivity contribution is 5.83. The minimum atomic E-state index is -0.248. The predicted molar refractivity (Wildman–Crippen MR) is 70.6 cm³/mol. The molecule has 0 saturated heterocycles. The lowest BCUT2D eigenvalue weighted by atomic mass is 9.77. The van der Waals surface area contributed by atoms with Crippen molar-refractivity contribution in [2.75, 3.05) is 0 Å². The van der Waals surface area contributed by atoms with Crippen LogP contribution in [-0.2, 0) is 4.79 Å². The number of hydrogen-bond donors (Lipinski definition) is 1. The van der Waals surface area contributed by atoms with Crippen LogP contribution in [-0.4, -0.2) is 11.9 Å². The van der Waals surface area contributed by atoms with Gasteiger partial charge in [-0.15, -0.1) is 0 Å². The third-order valence-corrected chi connectivity index (χ3v) is 4.36. The molecular formula is C15H24N2O. The van der Waals surface area contributed by atoms with Crippen LogP contribution in [0, 0.1) is 28.6 Å². The fourth-order valence-corrected chi connectivity index (χ4v) is 3.34. The van der Waals surface area contributed by atoms with Gasteiger partial charge < -0.3 is 5.32 Å². The van der Waals surface area contributed by atoms with Crippen molar-refractivity contribution in [1.82, 2.24) is 5.32 Å². The number of nitrogens with zero attached hydrogens (tertiary/aromatic N) is 1. The van der Waals surface area contributed by atoms with Crippen LogP contribution in [0.15, 0.2) is 0 Å². The van der Waals surface area contributed by atoms with E-state index in [2.05, 4.69) is 25.2 Å². The summed E-state index contributed by atoms with van der Waals surface area (Å²) in [5.41, 5.74) is -0.182. The van der Waals surface area contributed by atoms with Crippen molar-refractivity contribution in [1.29, 1.82) is 5.26 Å². The minimum Gasteiger partial charge on any atom is -0.340 e. The number of hydrogen-bond acceptors (Lipinski definition) is 2. The molecule has 0 aromatic heterocycles. The average molecular weight is 248 g/mol. The minimum absolute atomic E-state index is 0.146. The monoisotopic (exact) mass is 248 g/mol. The van der Waals surface area contributed by atoms with E-state index < -0.39 is 0 Å². The van der Waals surface area contributed by atoms with E-state index in [1.165, 1.54) is 0 Å². The lowest BCUT2D eigenvalue weighted by Gasteiger charge is -2.30. The summed E-state index contributed by atoms with van der Waals surface area (Å²) in [6.45, 7) is 4.35. The number of amides is 1. The predicted octanol–water partition coefficient (Wildman–Crippen LogP) is 3.01. The summed E-state index contributed by atoms with van der Waals surface area (Å²) in [7, 11) is 0. The molecule has 2 saturated carbocycles. The highest BCUT2D eigenvalue weighted by Crippen LogP contribution is 2.44. The Labute approximate surface area is 110 Å². The lowest BCUT2D eigenvalue weighted by molar-refractivity contribution is -0.132. The molecule has 2 fully saturated rings. The zero-order valence-corrected chi connectivity index (χ0v) is 11.5. The summed E-state index contributed by atoms with van der Waals surface area (Å²) in [6, 6.07) is 2.01. The van der Waals surface area contributed by atoms with E-state index >= 15 is 0 Å². The first-order chi connectivity index (χ1) is 8.57. The van der Waals surface area contributed by atoms with Crippen LogP contribution in [0.1, 0.15) is 58.8 Å². The normalized spacial score (nSPS) is 23.7. The number of nitrogens with one attached hydrogen (secondary N) is 1. The molecule has 100 valence electrons. The quantitative estimate of drug-likeness (QED) is 0.813. The molecule has 0 aromatic carbocycles. The molecule has 1 amide bonds. The highest BCUT2D eigenvalue weighted by atomic mass is 16.2. The Morgan fingerprint density at radius 1 is 1.39 bits per heavy atom. The topological polar surface area (TPSA) is 52.9 Å². The molecular weight excluding hydrogens is 224 g/mol. The van der Waals surface area contributed by atoms with Gasteiger partial charge in [-0.25, -0.2) is 0 Å². The van der Waals surface area contributed by atoms with Gasteiger partial charge in [0.05, 0.1) is 6.07 Å². The van der Waals surface area contributed by atoms with Gasteiger partial charge >= 0.3 is 0 Å². The van der Waals surface area contributed by atoms with Gasteiger partial charge in [-0.05, 0) is 43.9 Å². The molecule has 1 N–H and O–H groups in total. The fourth-order valence-electron chi connectivity index (χ4n) is 3.34. The van der Waals surface area contributed by atoms with Crippen molar-refractivity contribution in [2.45, 2.75) is 64.8 Å². The number of carbonyl (C=O) groups excluding carboxylic acids is 1. The Morgan fingerprint density at radius 3 is 2.44 bits per heavy atom. The summed E-state index contributed by atoms with van der Waals surface area (Å²) in [4.78, 5) is 12.5. The molecule has 0 heterocycles. The molecule has 0 aromatic rings. The maximum Gasteiger partial charge on any atom is 0.227 e. The van der Waals surface area contributed by atoms with Crippen LogP contribution in [0.4, 0.5) is 0 Å². The van der Waals surface area contributed by atoms with E-state index in [1.54, 1.807) is 0 Å². The van der Waals surface area contributed by atoms with E-state index in [4.69, 9.17) is 5.26 Å². The first-order valence-corrected chi connectivity index (χ1v) is 7.28. The molecule has 18 heavy (non-hydrogen) atoms. The second-order valence-electron chi connectivity index (χ2n) is 6.50. The summed E-state index contributed by atoms with van der Waals surface area (Å²) in [6.07, 6.45) is 7.45. The number of rotatable bonds is 5. The summed E-state index contributed by atoms with van der Waals surface area (Å²) in [5.74, 6) is 1.10. The molecule has 0 radical (unpaired) electrons. The van der Waals surface area contributed by atoms with Gasteiger partial charge in [-0.3, -0.25) is 4.79 Å². The Kier molecular flexibility index (Phi) is 3.94. The molecule has 0 aliphatic heterocycles. The van der Waals surface area contributed by atoms with E-state index in [-0.39, 0.29) is 17.4 Å². The molecule has 1 atom stereocenters. The Hall–Kier alpha value is -1.04. The van der Waals surface area contributed by atoms with Crippen molar-refractivity contribution in [3.63, 3.8) is 0 Å². The molecule has 0 bridgehead atoms. The number of nitriles is 1. The summed E-state index contributed by atoms with van der Waals surface area (Å²) < 4.78 is 0. The summed E-state index contributed by atoms with van der Waals surface area (Å²) in [5, 5.41) is 12.1. The van der Waals surface area contributed by atoms with E-state index in [9.17, 15) is 4.79 Å². The van der Waals surface area contributed by atoms with E-state index in [0.717, 1.165) is 44.9 Å².